The van der Waals surface area contributed by atoms with E-state index in [-0.39, 0.29) is 6.61 Å². The summed E-state index contributed by atoms with van der Waals surface area (Å²) in [5, 5.41) is 12.9. The zero-order valence-electron chi connectivity index (χ0n) is 12.4. The minimum atomic E-state index is 0.104. The lowest BCUT2D eigenvalue weighted by Crippen LogP contribution is -2.43. The largest absolute Gasteiger partial charge is 0.392 e. The third-order valence-electron chi connectivity index (χ3n) is 4.20. The Labute approximate surface area is 126 Å². The molecule has 1 aromatic rings. The first-order chi connectivity index (χ1) is 9.69. The maximum atomic E-state index is 9.22. The number of hydrogen-bond acceptors (Lipinski definition) is 4. The quantitative estimate of drug-likeness (QED) is 0.847. The highest BCUT2D eigenvalue weighted by Crippen LogP contribution is 2.33. The van der Waals surface area contributed by atoms with Crippen LogP contribution in [0.15, 0.2) is 24.3 Å². The van der Waals surface area contributed by atoms with Gasteiger partial charge in [-0.1, -0.05) is 24.3 Å². The van der Waals surface area contributed by atoms with Gasteiger partial charge in [0, 0.05) is 30.5 Å². The zero-order chi connectivity index (χ0) is 14.4. The van der Waals surface area contributed by atoms with Crippen molar-refractivity contribution in [3.8, 4) is 0 Å². The SMILES string of the molecule is CSC1(CNC(C)c2cccc(CO)c2)CCOCC1. The van der Waals surface area contributed by atoms with Crippen LogP contribution in [-0.2, 0) is 11.3 Å². The molecule has 4 heteroatoms. The van der Waals surface area contributed by atoms with Gasteiger partial charge in [-0.05, 0) is 37.1 Å². The number of rotatable bonds is 6. The summed E-state index contributed by atoms with van der Waals surface area (Å²) in [5.41, 5.74) is 2.21. The average Bonchev–Trinajstić information content (AvgIpc) is 2.53. The Morgan fingerprint density at radius 3 is 2.80 bits per heavy atom. The molecule has 2 N–H and O–H groups in total. The summed E-state index contributed by atoms with van der Waals surface area (Å²) >= 11 is 1.96. The number of aliphatic hydroxyl groups excluding tert-OH is 1. The van der Waals surface area contributed by atoms with Crippen LogP contribution in [0.1, 0.15) is 36.9 Å². The lowest BCUT2D eigenvalue weighted by atomic mass is 9.97. The Hall–Kier alpha value is -0.550. The van der Waals surface area contributed by atoms with Crippen LogP contribution in [0, 0.1) is 0 Å². The van der Waals surface area contributed by atoms with Crippen molar-refractivity contribution in [2.45, 2.75) is 37.2 Å². The first kappa shape index (κ1) is 15.8. The summed E-state index contributed by atoms with van der Waals surface area (Å²) in [5.74, 6) is 0. The Bertz CT molecular complexity index is 419. The standard InChI is InChI=1S/C16H25NO2S/c1-13(15-5-3-4-14(10-15)11-18)17-12-16(20-2)6-8-19-9-7-16/h3-5,10,13,17-18H,6-9,11-12H2,1-2H3. The number of thioether (sulfide) groups is 1. The molecule has 3 nitrogen and oxygen atoms in total. The highest BCUT2D eigenvalue weighted by Gasteiger charge is 2.31. The molecule has 1 heterocycles. The molecule has 0 radical (unpaired) electrons. The fourth-order valence-corrected chi connectivity index (χ4v) is 3.42. The molecule has 0 amide bonds. The van der Waals surface area contributed by atoms with Crippen LogP contribution in [0.2, 0.25) is 0 Å². The van der Waals surface area contributed by atoms with Crippen molar-refractivity contribution >= 4 is 11.8 Å². The summed E-state index contributed by atoms with van der Waals surface area (Å²) in [6, 6.07) is 8.46. The van der Waals surface area contributed by atoms with E-state index in [0.717, 1.165) is 38.2 Å². The summed E-state index contributed by atoms with van der Waals surface area (Å²) in [4.78, 5) is 0. The highest BCUT2D eigenvalue weighted by atomic mass is 32.2. The van der Waals surface area contributed by atoms with Gasteiger partial charge in [0.2, 0.25) is 0 Å². The second kappa shape index (κ2) is 7.46. The van der Waals surface area contributed by atoms with E-state index >= 15 is 0 Å². The minimum absolute atomic E-state index is 0.104. The fourth-order valence-electron chi connectivity index (χ4n) is 2.61. The zero-order valence-corrected chi connectivity index (χ0v) is 13.2. The highest BCUT2D eigenvalue weighted by molar-refractivity contribution is 8.00. The van der Waals surface area contributed by atoms with Crippen molar-refractivity contribution < 1.29 is 9.84 Å². The van der Waals surface area contributed by atoms with Crippen LogP contribution < -0.4 is 5.32 Å². The molecule has 0 spiro atoms. The van der Waals surface area contributed by atoms with Gasteiger partial charge >= 0.3 is 0 Å². The Morgan fingerprint density at radius 2 is 2.15 bits per heavy atom. The Kier molecular flexibility index (Phi) is 5.90. The van der Waals surface area contributed by atoms with E-state index in [1.807, 2.05) is 23.9 Å². The second-order valence-corrected chi connectivity index (χ2v) is 6.78. The number of ether oxygens (including phenoxy) is 1. The predicted molar refractivity (Wildman–Crippen MR) is 85.1 cm³/mol. The van der Waals surface area contributed by atoms with Gasteiger partial charge in [0.1, 0.15) is 0 Å². The maximum Gasteiger partial charge on any atom is 0.0681 e. The summed E-state index contributed by atoms with van der Waals surface area (Å²) in [6.07, 6.45) is 4.43. The van der Waals surface area contributed by atoms with Gasteiger partial charge in [0.25, 0.3) is 0 Å². The molecular formula is C16H25NO2S. The maximum absolute atomic E-state index is 9.22. The van der Waals surface area contributed by atoms with Crippen molar-refractivity contribution in [1.82, 2.24) is 5.32 Å². The molecule has 1 saturated heterocycles. The van der Waals surface area contributed by atoms with Gasteiger partial charge in [-0.25, -0.2) is 0 Å². The first-order valence-electron chi connectivity index (χ1n) is 7.25. The molecule has 1 fully saturated rings. The van der Waals surface area contributed by atoms with Crippen LogP contribution >= 0.6 is 11.8 Å². The molecule has 0 bridgehead atoms. The Morgan fingerprint density at radius 1 is 1.40 bits per heavy atom. The van der Waals surface area contributed by atoms with E-state index in [2.05, 4.69) is 30.6 Å². The van der Waals surface area contributed by atoms with Crippen molar-refractivity contribution in [2.75, 3.05) is 26.0 Å². The van der Waals surface area contributed by atoms with Gasteiger partial charge < -0.3 is 15.2 Å². The third kappa shape index (κ3) is 3.98. The van der Waals surface area contributed by atoms with E-state index in [9.17, 15) is 5.11 Å². The molecule has 1 aromatic carbocycles. The fraction of sp³-hybridized carbons (Fsp3) is 0.625. The Balaban J connectivity index is 1.94. The van der Waals surface area contributed by atoms with Crippen LogP contribution in [-0.4, -0.2) is 35.9 Å². The van der Waals surface area contributed by atoms with Crippen molar-refractivity contribution in [3.63, 3.8) is 0 Å². The lowest BCUT2D eigenvalue weighted by molar-refractivity contribution is 0.0766. The molecular weight excluding hydrogens is 270 g/mol. The second-order valence-electron chi connectivity index (χ2n) is 5.51. The monoisotopic (exact) mass is 295 g/mol. The summed E-state index contributed by atoms with van der Waals surface area (Å²) in [7, 11) is 0. The molecule has 112 valence electrons. The van der Waals surface area contributed by atoms with Gasteiger partial charge in [-0.15, -0.1) is 0 Å². The molecule has 2 rings (SSSR count). The van der Waals surface area contributed by atoms with Crippen molar-refractivity contribution in [3.05, 3.63) is 35.4 Å². The topological polar surface area (TPSA) is 41.5 Å². The van der Waals surface area contributed by atoms with Crippen molar-refractivity contribution in [2.24, 2.45) is 0 Å². The molecule has 1 unspecified atom stereocenters. The number of aliphatic hydroxyl groups is 1. The van der Waals surface area contributed by atoms with E-state index in [1.54, 1.807) is 0 Å². The number of nitrogens with one attached hydrogen (secondary N) is 1. The minimum Gasteiger partial charge on any atom is -0.392 e. The molecule has 0 aromatic heterocycles. The van der Waals surface area contributed by atoms with Gasteiger partial charge in [0.15, 0.2) is 0 Å². The van der Waals surface area contributed by atoms with Crippen molar-refractivity contribution in [1.29, 1.82) is 0 Å². The van der Waals surface area contributed by atoms with Crippen LogP contribution in [0.4, 0.5) is 0 Å². The number of hydrogen-bond donors (Lipinski definition) is 2. The molecule has 0 saturated carbocycles. The van der Waals surface area contributed by atoms with E-state index in [4.69, 9.17) is 4.74 Å². The third-order valence-corrected chi connectivity index (χ3v) is 5.62. The van der Waals surface area contributed by atoms with Gasteiger partial charge in [-0.2, -0.15) is 11.8 Å². The van der Waals surface area contributed by atoms with Crippen LogP contribution in [0.3, 0.4) is 0 Å². The first-order valence-corrected chi connectivity index (χ1v) is 8.47. The smallest absolute Gasteiger partial charge is 0.0681 e. The molecule has 1 aliphatic rings. The molecule has 1 atom stereocenters. The van der Waals surface area contributed by atoms with Crippen LogP contribution in [0.25, 0.3) is 0 Å². The van der Waals surface area contributed by atoms with E-state index < -0.39 is 0 Å². The predicted octanol–water partition coefficient (Wildman–Crippen LogP) is 2.74. The molecule has 0 aliphatic carbocycles. The van der Waals surface area contributed by atoms with E-state index in [0.29, 0.717) is 10.8 Å². The lowest BCUT2D eigenvalue weighted by Gasteiger charge is -2.36. The van der Waals surface area contributed by atoms with Crippen LogP contribution in [0.5, 0.6) is 0 Å². The molecule has 1 aliphatic heterocycles. The average molecular weight is 295 g/mol. The van der Waals surface area contributed by atoms with Gasteiger partial charge in [0.05, 0.1) is 6.61 Å². The van der Waals surface area contributed by atoms with Gasteiger partial charge in [-0.3, -0.25) is 0 Å². The number of benzene rings is 1. The summed E-state index contributed by atoms with van der Waals surface area (Å²) < 4.78 is 5.79. The molecule has 20 heavy (non-hydrogen) atoms. The normalized spacial score (nSPS) is 19.8. The summed E-state index contributed by atoms with van der Waals surface area (Å²) in [6.45, 7) is 5.03. The van der Waals surface area contributed by atoms with E-state index in [1.165, 1.54) is 5.56 Å².